The molecule has 1 aromatic heterocycles. The van der Waals surface area contributed by atoms with E-state index >= 15 is 0 Å². The number of halogens is 1. The summed E-state index contributed by atoms with van der Waals surface area (Å²) in [6.45, 7) is 5.58. The number of carbonyl (C=O) groups excluding carboxylic acids is 1. The first-order valence-electron chi connectivity index (χ1n) is 8.71. The quantitative estimate of drug-likeness (QED) is 0.555. The topological polar surface area (TPSA) is 64.1 Å². The van der Waals surface area contributed by atoms with Crippen LogP contribution in [0.4, 0.5) is 5.69 Å². The van der Waals surface area contributed by atoms with Crippen molar-refractivity contribution in [3.63, 3.8) is 0 Å². The molecule has 3 aromatic rings. The Hall–Kier alpha value is -2.57. The van der Waals surface area contributed by atoms with Crippen molar-refractivity contribution in [3.8, 4) is 5.75 Å². The summed E-state index contributed by atoms with van der Waals surface area (Å²) in [5.74, 6) is 0.253. The van der Waals surface area contributed by atoms with Gasteiger partial charge in [-0.1, -0.05) is 17.7 Å². The van der Waals surface area contributed by atoms with Crippen LogP contribution in [0.3, 0.4) is 0 Å². The van der Waals surface area contributed by atoms with Gasteiger partial charge in [0.2, 0.25) is 0 Å². The monoisotopic (exact) mass is 413 g/mol. The zero-order chi connectivity index (χ0) is 20.1. The zero-order valence-electron chi connectivity index (χ0n) is 15.8. The summed E-state index contributed by atoms with van der Waals surface area (Å²) in [5.41, 5.74) is 2.68. The summed E-state index contributed by atoms with van der Waals surface area (Å²) in [4.78, 5) is 21.9. The van der Waals surface area contributed by atoms with Gasteiger partial charge in [0.25, 0.3) is 5.91 Å². The van der Waals surface area contributed by atoms with Crippen molar-refractivity contribution in [2.45, 2.75) is 36.9 Å². The number of hydrogen-bond donors (Lipinski definition) is 1. The summed E-state index contributed by atoms with van der Waals surface area (Å²) < 4.78 is 5.74. The lowest BCUT2D eigenvalue weighted by molar-refractivity contribution is -0.122. The van der Waals surface area contributed by atoms with Gasteiger partial charge in [-0.05, 0) is 80.1 Å². The third-order valence-electron chi connectivity index (χ3n) is 3.97. The third-order valence-corrected chi connectivity index (χ3v) is 5.16. The highest BCUT2D eigenvalue weighted by molar-refractivity contribution is 7.99. The predicted molar refractivity (Wildman–Crippen MR) is 112 cm³/mol. The molecule has 1 unspecified atom stereocenters. The second-order valence-corrected chi connectivity index (χ2v) is 7.74. The van der Waals surface area contributed by atoms with Gasteiger partial charge in [0.05, 0.1) is 5.02 Å². The minimum absolute atomic E-state index is 0.243. The van der Waals surface area contributed by atoms with Crippen LogP contribution in [0.5, 0.6) is 5.75 Å². The van der Waals surface area contributed by atoms with E-state index < -0.39 is 6.10 Å². The highest BCUT2D eigenvalue weighted by atomic mass is 35.5. The van der Waals surface area contributed by atoms with Gasteiger partial charge >= 0.3 is 0 Å². The molecule has 0 fully saturated rings. The molecule has 0 radical (unpaired) electrons. The molecule has 144 valence electrons. The average molecular weight is 414 g/mol. The Balaban J connectivity index is 1.65. The van der Waals surface area contributed by atoms with E-state index in [0.717, 1.165) is 21.7 Å². The van der Waals surface area contributed by atoms with Gasteiger partial charge in [0.15, 0.2) is 11.3 Å². The maximum Gasteiger partial charge on any atom is 0.265 e. The molecule has 0 bridgehead atoms. The standard InChI is InChI=1S/C21H20ClN3O2S/c1-13-5-7-17(22)19(11-13)27-15(3)20(26)25-18-8-6-16(12-14(18)2)28-21-23-9-4-10-24-21/h4-12,15H,1-3H3,(H,25,26). The third kappa shape index (κ3) is 5.24. The molecule has 28 heavy (non-hydrogen) atoms. The van der Waals surface area contributed by atoms with Gasteiger partial charge in [0.1, 0.15) is 5.75 Å². The molecule has 0 saturated heterocycles. The van der Waals surface area contributed by atoms with Gasteiger partial charge in [-0.15, -0.1) is 0 Å². The van der Waals surface area contributed by atoms with Gasteiger partial charge in [-0.25, -0.2) is 9.97 Å². The van der Waals surface area contributed by atoms with E-state index in [4.69, 9.17) is 16.3 Å². The average Bonchev–Trinajstić information content (AvgIpc) is 2.67. The number of aromatic nitrogens is 2. The Morgan fingerprint density at radius 1 is 1.14 bits per heavy atom. The molecule has 0 saturated carbocycles. The Morgan fingerprint density at radius 3 is 2.61 bits per heavy atom. The Morgan fingerprint density at radius 2 is 1.89 bits per heavy atom. The lowest BCUT2D eigenvalue weighted by Gasteiger charge is -2.17. The number of rotatable bonds is 6. The van der Waals surface area contributed by atoms with Crippen LogP contribution in [0.2, 0.25) is 5.02 Å². The second-order valence-electron chi connectivity index (χ2n) is 6.29. The van der Waals surface area contributed by atoms with E-state index in [9.17, 15) is 4.79 Å². The summed E-state index contributed by atoms with van der Waals surface area (Å²) in [6, 6.07) is 13.0. The molecular weight excluding hydrogens is 394 g/mol. The molecule has 2 aromatic carbocycles. The number of ether oxygens (including phenoxy) is 1. The summed E-state index contributed by atoms with van der Waals surface area (Å²) in [7, 11) is 0. The van der Waals surface area contributed by atoms with Crippen LogP contribution in [0, 0.1) is 13.8 Å². The van der Waals surface area contributed by atoms with Crippen molar-refractivity contribution in [1.82, 2.24) is 9.97 Å². The number of aryl methyl sites for hydroxylation is 2. The van der Waals surface area contributed by atoms with Crippen LogP contribution in [0.15, 0.2) is 64.9 Å². The Kier molecular flexibility index (Phi) is 6.54. The molecule has 0 spiro atoms. The number of hydrogen-bond acceptors (Lipinski definition) is 5. The fraction of sp³-hybridized carbons (Fsp3) is 0.190. The van der Waals surface area contributed by atoms with E-state index in [1.165, 1.54) is 11.8 Å². The molecular formula is C21H20ClN3O2S. The van der Waals surface area contributed by atoms with Crippen LogP contribution < -0.4 is 10.1 Å². The van der Waals surface area contributed by atoms with Crippen LogP contribution in [0.25, 0.3) is 0 Å². The van der Waals surface area contributed by atoms with E-state index in [0.29, 0.717) is 15.9 Å². The maximum absolute atomic E-state index is 12.5. The number of carbonyl (C=O) groups is 1. The SMILES string of the molecule is Cc1ccc(Cl)c(OC(C)C(=O)Nc2ccc(Sc3ncccn3)cc2C)c1. The van der Waals surface area contributed by atoms with Crippen molar-refractivity contribution in [2.75, 3.05) is 5.32 Å². The van der Waals surface area contributed by atoms with Crippen LogP contribution in [-0.4, -0.2) is 22.0 Å². The predicted octanol–water partition coefficient (Wildman–Crippen LogP) is 5.30. The van der Waals surface area contributed by atoms with Gasteiger partial charge in [0, 0.05) is 23.0 Å². The first-order valence-corrected chi connectivity index (χ1v) is 9.91. The molecule has 0 aliphatic rings. The lowest BCUT2D eigenvalue weighted by Crippen LogP contribution is -2.30. The van der Waals surface area contributed by atoms with Gasteiger partial charge in [-0.3, -0.25) is 4.79 Å². The number of benzene rings is 2. The first-order chi connectivity index (χ1) is 13.4. The lowest BCUT2D eigenvalue weighted by atomic mass is 10.2. The number of nitrogens with zero attached hydrogens (tertiary/aromatic N) is 2. The summed E-state index contributed by atoms with van der Waals surface area (Å²) >= 11 is 7.61. The smallest absolute Gasteiger partial charge is 0.265 e. The normalized spacial score (nSPS) is 11.7. The number of nitrogens with one attached hydrogen (secondary N) is 1. The van der Waals surface area contributed by atoms with E-state index in [1.54, 1.807) is 31.5 Å². The van der Waals surface area contributed by atoms with Gasteiger partial charge in [-0.2, -0.15) is 0 Å². The zero-order valence-corrected chi connectivity index (χ0v) is 17.3. The molecule has 0 aliphatic heterocycles. The summed E-state index contributed by atoms with van der Waals surface area (Å²) in [5, 5.41) is 4.06. The Bertz CT molecular complexity index is 983. The second kappa shape index (κ2) is 9.08. The molecule has 3 rings (SSSR count). The largest absolute Gasteiger partial charge is 0.479 e. The van der Waals surface area contributed by atoms with Crippen molar-refractivity contribution in [2.24, 2.45) is 0 Å². The van der Waals surface area contributed by atoms with Crippen LogP contribution in [0.1, 0.15) is 18.1 Å². The minimum atomic E-state index is -0.689. The number of anilines is 1. The Labute approximate surface area is 173 Å². The minimum Gasteiger partial charge on any atom is -0.479 e. The van der Waals surface area contributed by atoms with Crippen molar-refractivity contribution < 1.29 is 9.53 Å². The van der Waals surface area contributed by atoms with Gasteiger partial charge < -0.3 is 10.1 Å². The molecule has 7 heteroatoms. The van der Waals surface area contributed by atoms with E-state index in [2.05, 4.69) is 15.3 Å². The number of amides is 1. The van der Waals surface area contributed by atoms with Crippen LogP contribution >= 0.6 is 23.4 Å². The first kappa shape index (κ1) is 20.2. The molecule has 1 amide bonds. The van der Waals surface area contributed by atoms with Crippen molar-refractivity contribution in [3.05, 3.63) is 71.0 Å². The fourth-order valence-corrected chi connectivity index (χ4v) is 3.43. The molecule has 1 N–H and O–H groups in total. The van der Waals surface area contributed by atoms with Crippen molar-refractivity contribution in [1.29, 1.82) is 0 Å². The molecule has 1 atom stereocenters. The molecule has 5 nitrogen and oxygen atoms in total. The molecule has 0 aliphatic carbocycles. The van der Waals surface area contributed by atoms with E-state index in [-0.39, 0.29) is 5.91 Å². The fourth-order valence-electron chi connectivity index (χ4n) is 2.46. The maximum atomic E-state index is 12.5. The molecule has 1 heterocycles. The van der Waals surface area contributed by atoms with Crippen molar-refractivity contribution >= 4 is 35.0 Å². The van der Waals surface area contributed by atoms with E-state index in [1.807, 2.05) is 44.2 Å². The highest BCUT2D eigenvalue weighted by Gasteiger charge is 2.17. The highest BCUT2D eigenvalue weighted by Crippen LogP contribution is 2.29. The summed E-state index contributed by atoms with van der Waals surface area (Å²) in [6.07, 6.45) is 2.72. The van der Waals surface area contributed by atoms with Crippen LogP contribution in [-0.2, 0) is 4.79 Å².